The summed E-state index contributed by atoms with van der Waals surface area (Å²) < 4.78 is 0. The number of rotatable bonds is 4. The number of aromatic nitrogens is 1. The van der Waals surface area contributed by atoms with E-state index in [9.17, 15) is 10.1 Å². The van der Waals surface area contributed by atoms with E-state index in [1.165, 1.54) is 0 Å². The summed E-state index contributed by atoms with van der Waals surface area (Å²) in [6, 6.07) is 16.9. The third-order valence-corrected chi connectivity index (χ3v) is 2.95. The maximum atomic E-state index is 10.9. The second kappa shape index (κ2) is 5.24. The van der Waals surface area contributed by atoms with Gasteiger partial charge < -0.3 is 4.79 Å². The molecule has 0 amide bonds. The Kier molecular flexibility index (Phi) is 3.49. The van der Waals surface area contributed by atoms with E-state index in [2.05, 4.69) is 11.1 Å². The van der Waals surface area contributed by atoms with Crippen molar-refractivity contribution >= 4 is 6.29 Å². The number of carbonyl (C=O) groups excluding carboxylic acids is 1. The Morgan fingerprint density at radius 2 is 1.89 bits per heavy atom. The van der Waals surface area contributed by atoms with Crippen molar-refractivity contribution in [3.8, 4) is 6.07 Å². The van der Waals surface area contributed by atoms with E-state index in [1.54, 1.807) is 18.3 Å². The molecule has 3 nitrogen and oxygen atoms in total. The number of nitrogens with zero attached hydrogens (tertiary/aromatic N) is 2. The molecule has 2 rings (SSSR count). The lowest BCUT2D eigenvalue weighted by Gasteiger charge is -2.24. The average Bonchev–Trinajstić information content (AvgIpc) is 2.47. The molecular weight excluding hydrogens is 224 g/mol. The third kappa shape index (κ3) is 2.01. The SMILES string of the molecule is N#CC(CC=O)(c1ccccc1)c1ccccn1. The smallest absolute Gasteiger partial charge is 0.131 e. The zero-order valence-electron chi connectivity index (χ0n) is 9.78. The van der Waals surface area contributed by atoms with Gasteiger partial charge in [0.2, 0.25) is 0 Å². The lowest BCUT2D eigenvalue weighted by Crippen LogP contribution is -2.27. The summed E-state index contributed by atoms with van der Waals surface area (Å²) in [4.78, 5) is 15.2. The normalized spacial score (nSPS) is 13.3. The van der Waals surface area contributed by atoms with Gasteiger partial charge in [0.1, 0.15) is 11.7 Å². The summed E-state index contributed by atoms with van der Waals surface area (Å²) >= 11 is 0. The summed E-state index contributed by atoms with van der Waals surface area (Å²) in [7, 11) is 0. The van der Waals surface area contributed by atoms with Gasteiger partial charge in [-0.15, -0.1) is 0 Å². The molecule has 0 radical (unpaired) electrons. The van der Waals surface area contributed by atoms with Crippen molar-refractivity contribution < 1.29 is 4.79 Å². The molecule has 0 aliphatic rings. The van der Waals surface area contributed by atoms with Crippen LogP contribution >= 0.6 is 0 Å². The molecule has 3 heteroatoms. The molecular formula is C15H12N2O. The van der Waals surface area contributed by atoms with Crippen LogP contribution in [0.25, 0.3) is 0 Å². The number of hydrogen-bond donors (Lipinski definition) is 0. The highest BCUT2D eigenvalue weighted by atomic mass is 16.1. The molecule has 0 saturated carbocycles. The van der Waals surface area contributed by atoms with Gasteiger partial charge in [-0.1, -0.05) is 36.4 Å². The van der Waals surface area contributed by atoms with Crippen molar-refractivity contribution in [1.29, 1.82) is 5.26 Å². The van der Waals surface area contributed by atoms with E-state index in [0.29, 0.717) is 5.69 Å². The highest BCUT2D eigenvalue weighted by Crippen LogP contribution is 2.32. The molecule has 1 unspecified atom stereocenters. The first-order valence-electron chi connectivity index (χ1n) is 5.65. The molecule has 2 aromatic rings. The fraction of sp³-hybridized carbons (Fsp3) is 0.133. The predicted octanol–water partition coefficient (Wildman–Crippen LogP) is 2.48. The molecule has 18 heavy (non-hydrogen) atoms. The van der Waals surface area contributed by atoms with Gasteiger partial charge in [0.05, 0.1) is 11.8 Å². The molecule has 0 bridgehead atoms. The summed E-state index contributed by atoms with van der Waals surface area (Å²) in [5, 5.41) is 9.57. The number of hydrogen-bond acceptors (Lipinski definition) is 3. The number of pyridine rings is 1. The molecule has 0 fully saturated rings. The van der Waals surface area contributed by atoms with Gasteiger partial charge in [0, 0.05) is 12.6 Å². The van der Waals surface area contributed by atoms with Crippen LogP contribution in [0.5, 0.6) is 0 Å². The van der Waals surface area contributed by atoms with Gasteiger partial charge in [-0.25, -0.2) is 0 Å². The first-order valence-corrected chi connectivity index (χ1v) is 5.65. The minimum absolute atomic E-state index is 0.102. The Labute approximate surface area is 106 Å². The quantitative estimate of drug-likeness (QED) is 0.766. The second-order valence-electron chi connectivity index (χ2n) is 3.97. The van der Waals surface area contributed by atoms with E-state index in [0.717, 1.165) is 11.8 Å². The van der Waals surface area contributed by atoms with Crippen LogP contribution in [0.3, 0.4) is 0 Å². The van der Waals surface area contributed by atoms with Gasteiger partial charge in [-0.3, -0.25) is 4.98 Å². The Hall–Kier alpha value is -2.47. The highest BCUT2D eigenvalue weighted by molar-refractivity contribution is 5.59. The van der Waals surface area contributed by atoms with Crippen LogP contribution in [0.15, 0.2) is 54.7 Å². The number of benzene rings is 1. The molecule has 1 aromatic carbocycles. The monoisotopic (exact) mass is 236 g/mol. The van der Waals surface area contributed by atoms with Crippen LogP contribution in [-0.4, -0.2) is 11.3 Å². The lowest BCUT2D eigenvalue weighted by atomic mass is 9.76. The molecule has 0 N–H and O–H groups in total. The van der Waals surface area contributed by atoms with Crippen LogP contribution in [0.2, 0.25) is 0 Å². The summed E-state index contributed by atoms with van der Waals surface area (Å²) in [5.74, 6) is 0. The predicted molar refractivity (Wildman–Crippen MR) is 67.8 cm³/mol. The molecule has 0 aliphatic carbocycles. The van der Waals surface area contributed by atoms with Crippen LogP contribution in [0.4, 0.5) is 0 Å². The first-order chi connectivity index (χ1) is 8.83. The second-order valence-corrected chi connectivity index (χ2v) is 3.97. The van der Waals surface area contributed by atoms with Crippen molar-refractivity contribution in [1.82, 2.24) is 4.98 Å². The molecule has 0 aliphatic heterocycles. The Bertz CT molecular complexity index is 519. The zero-order chi connectivity index (χ0) is 12.8. The van der Waals surface area contributed by atoms with Gasteiger partial charge in [-0.2, -0.15) is 5.26 Å². The van der Waals surface area contributed by atoms with E-state index in [4.69, 9.17) is 0 Å². The van der Waals surface area contributed by atoms with Crippen molar-refractivity contribution in [3.05, 3.63) is 66.0 Å². The summed E-state index contributed by atoms with van der Waals surface area (Å²) in [5.41, 5.74) is 0.397. The van der Waals surface area contributed by atoms with E-state index in [1.807, 2.05) is 36.4 Å². The van der Waals surface area contributed by atoms with Crippen LogP contribution in [0.1, 0.15) is 17.7 Å². The van der Waals surface area contributed by atoms with Gasteiger partial charge in [-0.05, 0) is 17.7 Å². The molecule has 1 atom stereocenters. The molecule has 0 saturated heterocycles. The average molecular weight is 236 g/mol. The van der Waals surface area contributed by atoms with Gasteiger partial charge in [0.25, 0.3) is 0 Å². The van der Waals surface area contributed by atoms with Crippen molar-refractivity contribution in [2.45, 2.75) is 11.8 Å². The van der Waals surface area contributed by atoms with Gasteiger partial charge in [0.15, 0.2) is 0 Å². The Balaban J connectivity index is 2.62. The van der Waals surface area contributed by atoms with Gasteiger partial charge >= 0.3 is 0 Å². The maximum absolute atomic E-state index is 10.9. The van der Waals surface area contributed by atoms with E-state index >= 15 is 0 Å². The van der Waals surface area contributed by atoms with Crippen molar-refractivity contribution in [3.63, 3.8) is 0 Å². The maximum Gasteiger partial charge on any atom is 0.131 e. The summed E-state index contributed by atoms with van der Waals surface area (Å²) in [6.45, 7) is 0. The zero-order valence-corrected chi connectivity index (χ0v) is 9.78. The minimum Gasteiger partial charge on any atom is -0.303 e. The largest absolute Gasteiger partial charge is 0.303 e. The summed E-state index contributed by atoms with van der Waals surface area (Å²) in [6.07, 6.45) is 2.50. The van der Waals surface area contributed by atoms with E-state index < -0.39 is 5.41 Å². The Morgan fingerprint density at radius 1 is 1.17 bits per heavy atom. The van der Waals surface area contributed by atoms with Crippen molar-refractivity contribution in [2.75, 3.05) is 0 Å². The third-order valence-electron chi connectivity index (χ3n) is 2.95. The standard InChI is InChI=1S/C15H12N2O/c16-12-15(9-11-18,13-6-2-1-3-7-13)14-8-4-5-10-17-14/h1-8,10-11H,9H2. The van der Waals surface area contributed by atoms with Crippen LogP contribution < -0.4 is 0 Å². The first kappa shape index (κ1) is 12.0. The molecule has 1 heterocycles. The van der Waals surface area contributed by atoms with Crippen LogP contribution in [-0.2, 0) is 10.2 Å². The Morgan fingerprint density at radius 3 is 2.44 bits per heavy atom. The van der Waals surface area contributed by atoms with Crippen molar-refractivity contribution in [2.24, 2.45) is 0 Å². The van der Waals surface area contributed by atoms with Crippen LogP contribution in [0, 0.1) is 11.3 Å². The number of aldehydes is 1. The number of carbonyl (C=O) groups is 1. The minimum atomic E-state index is -0.996. The van der Waals surface area contributed by atoms with E-state index in [-0.39, 0.29) is 6.42 Å². The fourth-order valence-electron chi connectivity index (χ4n) is 2.00. The topological polar surface area (TPSA) is 53.8 Å². The molecule has 88 valence electrons. The molecule has 0 spiro atoms. The number of nitriles is 1. The fourth-order valence-corrected chi connectivity index (χ4v) is 2.00. The highest BCUT2D eigenvalue weighted by Gasteiger charge is 2.35. The lowest BCUT2D eigenvalue weighted by molar-refractivity contribution is -0.108. The molecule has 1 aromatic heterocycles.